The van der Waals surface area contributed by atoms with Gasteiger partial charge < -0.3 is 85.5 Å². The van der Waals surface area contributed by atoms with Crippen molar-refractivity contribution >= 4 is 48.0 Å². The zero-order valence-corrected chi connectivity index (χ0v) is 40.5. The van der Waals surface area contributed by atoms with Gasteiger partial charge in [0.2, 0.25) is 0 Å². The van der Waals surface area contributed by atoms with Crippen LogP contribution in [0.15, 0.2) is 193 Å². The number of hydrogen-bond acceptors (Lipinski definition) is 16. The number of benzene rings is 6. The summed E-state index contributed by atoms with van der Waals surface area (Å²) in [6.45, 7) is 0. The molecular formula is C58H78N6O16. The Balaban J connectivity index is -0.000000429. The molecule has 0 aromatic heterocycles. The minimum absolute atomic E-state index is 0. The molecule has 0 amide bonds. The van der Waals surface area contributed by atoms with E-state index >= 15 is 0 Å². The molecule has 0 heterocycles. The van der Waals surface area contributed by atoms with Crippen LogP contribution in [0.2, 0.25) is 0 Å². The molecule has 436 valence electrons. The first-order valence-electron chi connectivity index (χ1n) is 22.3. The smallest absolute Gasteiger partial charge is 0.351 e. The molecule has 80 heavy (non-hydrogen) atoms. The largest absolute Gasteiger partial charge is 0.480 e. The molecule has 0 fully saturated rings. The molecule has 0 aliphatic heterocycles. The molecule has 0 spiro atoms. The van der Waals surface area contributed by atoms with Gasteiger partial charge in [-0.3, -0.25) is 19.2 Å². The van der Waals surface area contributed by atoms with Crippen molar-refractivity contribution in [3.63, 3.8) is 0 Å². The zero-order chi connectivity index (χ0) is 57.3. The van der Waals surface area contributed by atoms with Crippen molar-refractivity contribution in [3.05, 3.63) is 227 Å². The van der Waals surface area contributed by atoms with Crippen molar-refractivity contribution < 1.29 is 79.8 Å². The number of nitrogens with two attached hydrogens (primary N) is 6. The third kappa shape index (κ3) is 30.0. The lowest BCUT2D eigenvalue weighted by Crippen LogP contribution is -2.36. The van der Waals surface area contributed by atoms with Gasteiger partial charge >= 0.3 is 35.8 Å². The van der Waals surface area contributed by atoms with Crippen LogP contribution < -0.4 is 34.4 Å². The van der Waals surface area contributed by atoms with Crippen molar-refractivity contribution in [3.8, 4) is 0 Å². The van der Waals surface area contributed by atoms with E-state index in [4.69, 9.17) is 65.0 Å². The molecule has 8 atom stereocenters. The Morgan fingerprint density at radius 1 is 0.300 bits per heavy atom. The minimum Gasteiger partial charge on any atom is -0.480 e. The topological polar surface area (TPSA) is 461 Å². The number of carbonyl (C=O) groups is 6. The number of aliphatic hydroxyl groups is 4. The van der Waals surface area contributed by atoms with Gasteiger partial charge in [-0.1, -0.05) is 212 Å². The van der Waals surface area contributed by atoms with Crippen molar-refractivity contribution in [1.29, 1.82) is 0 Å². The van der Waals surface area contributed by atoms with Crippen LogP contribution in [0.5, 0.6) is 0 Å². The maximum absolute atomic E-state index is 10.4. The second kappa shape index (κ2) is 42.0. The quantitative estimate of drug-likeness (QED) is 0.0553. The first-order chi connectivity index (χ1) is 35.9. The van der Waals surface area contributed by atoms with Crippen molar-refractivity contribution in [2.45, 2.75) is 78.3 Å². The van der Waals surface area contributed by atoms with Crippen LogP contribution in [0.3, 0.4) is 0 Å². The van der Waals surface area contributed by atoms with E-state index in [1.54, 1.807) is 146 Å². The average Bonchev–Trinajstić information content (AvgIpc) is 3.43. The fourth-order valence-electron chi connectivity index (χ4n) is 5.55. The summed E-state index contributed by atoms with van der Waals surface area (Å²) in [6, 6.07) is 46.9. The zero-order valence-electron chi connectivity index (χ0n) is 40.5. The van der Waals surface area contributed by atoms with Crippen LogP contribution in [0, 0.1) is 0 Å². The minimum atomic E-state index is -1.28. The van der Waals surface area contributed by atoms with Gasteiger partial charge in [-0.2, -0.15) is 0 Å². The van der Waals surface area contributed by atoms with E-state index in [1.807, 2.05) is 36.4 Å². The van der Waals surface area contributed by atoms with E-state index in [2.05, 4.69) is 0 Å². The molecule has 8 unspecified atom stereocenters. The Labute approximate surface area is 465 Å². The molecule has 6 aromatic carbocycles. The van der Waals surface area contributed by atoms with Gasteiger partial charge in [0.05, 0.1) is 0 Å². The molecule has 0 bridgehead atoms. The predicted octanol–water partition coefficient (Wildman–Crippen LogP) is 5.21. The van der Waals surface area contributed by atoms with Crippen LogP contribution in [0.4, 0.5) is 0 Å². The maximum Gasteiger partial charge on any atom is 0.351 e. The highest BCUT2D eigenvalue weighted by atomic mass is 16.4. The summed E-state index contributed by atoms with van der Waals surface area (Å²) in [5, 5.41) is 88.8. The third-order valence-corrected chi connectivity index (χ3v) is 9.80. The van der Waals surface area contributed by atoms with Gasteiger partial charge in [0.1, 0.15) is 60.0 Å². The van der Waals surface area contributed by atoms with E-state index in [9.17, 15) is 49.2 Å². The summed E-state index contributed by atoms with van der Waals surface area (Å²) >= 11 is 0. The second-order valence-corrected chi connectivity index (χ2v) is 15.5. The summed E-state index contributed by atoms with van der Waals surface area (Å²) in [7, 11) is 0. The number of rotatable bonds is 16. The SMILES string of the molecule is C.C.C.C.N/C(=C/c1ccccc1)C(=O)O.N/C(=C\c1ccccc1)C(=O)O.NC(C(=O)O)C(O)c1ccccc1.NC(C(=O)O)C(O)c1ccccc1.NC(C(=O)O)C(O)c1ccccc1.NC(C(=O)O)C(O)c1ccccc1. The predicted molar refractivity (Wildman–Crippen MR) is 307 cm³/mol. The Kier molecular flexibility index (Phi) is 40.6. The van der Waals surface area contributed by atoms with E-state index in [-0.39, 0.29) is 41.1 Å². The fourth-order valence-corrected chi connectivity index (χ4v) is 5.55. The fraction of sp³-hybridized carbons (Fsp3) is 0.207. The first-order valence-corrected chi connectivity index (χ1v) is 22.3. The number of carboxylic acids is 6. The summed E-state index contributed by atoms with van der Waals surface area (Å²) in [5.41, 5.74) is 34.7. The summed E-state index contributed by atoms with van der Waals surface area (Å²) in [4.78, 5) is 62.3. The Hall–Kier alpha value is -9.10. The number of hydrogen-bond donors (Lipinski definition) is 16. The maximum atomic E-state index is 10.4. The molecule has 0 saturated heterocycles. The van der Waals surface area contributed by atoms with Gasteiger partial charge in [-0.05, 0) is 45.5 Å². The van der Waals surface area contributed by atoms with Crippen LogP contribution >= 0.6 is 0 Å². The summed E-state index contributed by atoms with van der Waals surface area (Å²) in [5.74, 6) is -7.04. The highest BCUT2D eigenvalue weighted by Gasteiger charge is 2.25. The van der Waals surface area contributed by atoms with Crippen LogP contribution in [0.1, 0.15) is 87.5 Å². The Morgan fingerprint density at radius 3 is 0.588 bits per heavy atom. The molecule has 0 saturated carbocycles. The molecule has 22 nitrogen and oxygen atoms in total. The lowest BCUT2D eigenvalue weighted by molar-refractivity contribution is -0.142. The molecule has 0 aliphatic rings. The van der Waals surface area contributed by atoms with Crippen molar-refractivity contribution in [2.75, 3.05) is 0 Å². The van der Waals surface area contributed by atoms with E-state index < -0.39 is 84.4 Å². The molecule has 22 N–H and O–H groups in total. The number of aliphatic carboxylic acids is 6. The van der Waals surface area contributed by atoms with Gasteiger partial charge in [0.25, 0.3) is 0 Å². The molecular weight excluding hydrogens is 1040 g/mol. The van der Waals surface area contributed by atoms with Crippen molar-refractivity contribution in [2.24, 2.45) is 34.4 Å². The lowest BCUT2D eigenvalue weighted by atomic mass is 10.0. The lowest BCUT2D eigenvalue weighted by Gasteiger charge is -2.14. The van der Waals surface area contributed by atoms with Crippen molar-refractivity contribution in [1.82, 2.24) is 0 Å². The highest BCUT2D eigenvalue weighted by Crippen LogP contribution is 2.18. The van der Waals surface area contributed by atoms with E-state index in [1.165, 1.54) is 12.2 Å². The molecule has 6 aromatic rings. The van der Waals surface area contributed by atoms with E-state index in [0.717, 1.165) is 11.1 Å². The first kappa shape index (κ1) is 77.4. The van der Waals surface area contributed by atoms with E-state index in [0.29, 0.717) is 22.3 Å². The standard InChI is InChI=1S/4C9H11NO3.2C9H9NO2.4CH4/c4*10-7(9(12)13)8(11)6-4-2-1-3-5-6;2*10-8(9(11)12)6-7-4-2-1-3-5-7;;;;/h4*1-5,7-8,11H,10H2,(H,12,13);2*1-6H,10H2,(H,11,12);4*1H4/b;;;;8-6+;8-6-;;;;. The monoisotopic (exact) mass is 1110 g/mol. The highest BCUT2D eigenvalue weighted by molar-refractivity contribution is 5.91. The van der Waals surface area contributed by atoms with Gasteiger partial charge in [0.15, 0.2) is 0 Å². The summed E-state index contributed by atoms with van der Waals surface area (Å²) < 4.78 is 0. The summed E-state index contributed by atoms with van der Waals surface area (Å²) in [6.07, 6.45) is -1.78. The Bertz CT molecular complexity index is 2420. The number of carboxylic acid groups (broad SMARTS) is 6. The second-order valence-electron chi connectivity index (χ2n) is 15.5. The van der Waals surface area contributed by atoms with Gasteiger partial charge in [0, 0.05) is 0 Å². The molecule has 0 radical (unpaired) electrons. The van der Waals surface area contributed by atoms with Gasteiger partial charge in [-0.15, -0.1) is 0 Å². The molecule has 0 aliphatic carbocycles. The Morgan fingerprint density at radius 2 is 0.450 bits per heavy atom. The van der Waals surface area contributed by atoms with Crippen LogP contribution in [-0.2, 0) is 28.8 Å². The molecule has 22 heteroatoms. The average molecular weight is 1120 g/mol. The molecule has 6 rings (SSSR count). The van der Waals surface area contributed by atoms with Crippen LogP contribution in [-0.4, -0.2) is 111 Å². The number of aliphatic hydroxyl groups excluding tert-OH is 4. The van der Waals surface area contributed by atoms with Crippen LogP contribution in [0.25, 0.3) is 12.2 Å². The normalized spacial score (nSPS) is 13.1. The van der Waals surface area contributed by atoms with Gasteiger partial charge in [-0.25, -0.2) is 9.59 Å². The third-order valence-electron chi connectivity index (χ3n) is 9.80.